The number of hydrogen-bond donors (Lipinski definition) is 2. The molecule has 0 aromatic heterocycles. The van der Waals surface area contributed by atoms with Gasteiger partial charge in [-0.15, -0.1) is 0 Å². The van der Waals surface area contributed by atoms with Crippen LogP contribution in [0.15, 0.2) is 182 Å². The van der Waals surface area contributed by atoms with Gasteiger partial charge in [-0.25, -0.2) is 9.59 Å². The summed E-state index contributed by atoms with van der Waals surface area (Å²) >= 11 is 0. The fourth-order valence-corrected chi connectivity index (χ4v) is 8.98. The Labute approximate surface area is 439 Å². The van der Waals surface area contributed by atoms with E-state index in [1.54, 1.807) is 24.3 Å². The maximum absolute atomic E-state index is 12.0. The van der Waals surface area contributed by atoms with Crippen molar-refractivity contribution in [3.05, 3.63) is 193 Å². The first kappa shape index (κ1) is 50.4. The molecule has 76 heavy (non-hydrogen) atoms. The molecule has 384 valence electrons. The summed E-state index contributed by atoms with van der Waals surface area (Å²) in [4.78, 5) is 24.0. The number of benzene rings is 10. The van der Waals surface area contributed by atoms with Gasteiger partial charge in [0.15, 0.2) is 34.5 Å². The quantitative estimate of drug-likeness (QED) is 0.0497. The molecule has 0 amide bonds. The van der Waals surface area contributed by atoms with E-state index in [9.17, 15) is 19.8 Å². The second-order valence-corrected chi connectivity index (χ2v) is 18.1. The third kappa shape index (κ3) is 12.4. The number of aromatic carboxylic acids is 2. The smallest absolute Gasteiger partial charge is 0.339 e. The average Bonchev–Trinajstić information content (AvgIpc) is 3.44. The largest absolute Gasteiger partial charge is 0.493 e. The predicted molar refractivity (Wildman–Crippen MR) is 296 cm³/mol. The number of ether oxygens (including phenoxy) is 8. The average molecular weight is 1020 g/mol. The van der Waals surface area contributed by atoms with Crippen molar-refractivity contribution in [3.8, 4) is 46.0 Å². The highest BCUT2D eigenvalue weighted by Crippen LogP contribution is 2.37. The van der Waals surface area contributed by atoms with Gasteiger partial charge in [-0.1, -0.05) is 121 Å². The Hall–Kier alpha value is -9.16. The molecule has 10 rings (SSSR count). The fourth-order valence-electron chi connectivity index (χ4n) is 8.98. The van der Waals surface area contributed by atoms with Gasteiger partial charge in [-0.2, -0.15) is 0 Å². The Bertz CT molecular complexity index is 3430. The first-order valence-corrected chi connectivity index (χ1v) is 25.5. The van der Waals surface area contributed by atoms with E-state index in [2.05, 4.69) is 0 Å². The molecule has 0 fully saturated rings. The van der Waals surface area contributed by atoms with Crippen LogP contribution in [0.1, 0.15) is 46.4 Å². The summed E-state index contributed by atoms with van der Waals surface area (Å²) in [5.41, 5.74) is 0.241. The first-order chi connectivity index (χ1) is 37.3. The van der Waals surface area contributed by atoms with E-state index >= 15 is 0 Å². The lowest BCUT2D eigenvalue weighted by Gasteiger charge is -2.17. The third-order valence-electron chi connectivity index (χ3n) is 12.8. The molecule has 0 saturated carbocycles. The topological polar surface area (TPSA) is 148 Å². The van der Waals surface area contributed by atoms with Crippen molar-refractivity contribution >= 4 is 65.8 Å². The molecule has 12 heteroatoms. The fraction of sp³-hybridized carbons (Fsp3) is 0.188. The molecule has 0 radical (unpaired) electrons. The number of rotatable bonds is 26. The number of carboxylic acids is 2. The van der Waals surface area contributed by atoms with Crippen LogP contribution in [-0.2, 0) is 0 Å². The summed E-state index contributed by atoms with van der Waals surface area (Å²) in [5, 5.41) is 29.3. The van der Waals surface area contributed by atoms with E-state index in [0.29, 0.717) is 111 Å². The Balaban J connectivity index is 0.714. The molecule has 0 heterocycles. The molecule has 0 bridgehead atoms. The third-order valence-corrected chi connectivity index (χ3v) is 12.8. The van der Waals surface area contributed by atoms with Crippen LogP contribution >= 0.6 is 0 Å². The zero-order valence-corrected chi connectivity index (χ0v) is 41.8. The van der Waals surface area contributed by atoms with E-state index in [1.807, 2.05) is 158 Å². The van der Waals surface area contributed by atoms with E-state index in [-0.39, 0.29) is 24.3 Å². The molecular formula is C64H56O12. The molecule has 0 unspecified atom stereocenters. The standard InChI is InChI=1S/C64H56O12/c65-63(66)53-33-43-15-1-3-17-45(43)35-55(53)69-25-11-27-71-57-37-47-19-5-7-21-49(47)39-59(57)73-29-13-31-75-61-41-51-23-9-10-24-52(51)42-62(61)76-32-14-30-74-60-40-50-22-8-6-20-48(50)38-58(60)72-28-12-26-70-56-36-46-18-4-2-16-44(46)34-54(56)64(67)68/h1-10,15-24,33-42H,11-14,25-32H2,(H,65,66)(H,67,68). The summed E-state index contributed by atoms with van der Waals surface area (Å²) in [6.45, 7) is 2.67. The lowest BCUT2D eigenvalue weighted by molar-refractivity contribution is 0.0681. The Morgan fingerprint density at radius 2 is 0.408 bits per heavy atom. The van der Waals surface area contributed by atoms with Crippen LogP contribution in [0.25, 0.3) is 53.9 Å². The maximum atomic E-state index is 12.0. The van der Waals surface area contributed by atoms with Crippen LogP contribution in [0.5, 0.6) is 46.0 Å². The minimum atomic E-state index is -1.04. The Morgan fingerprint density at radius 1 is 0.250 bits per heavy atom. The minimum Gasteiger partial charge on any atom is -0.493 e. The Morgan fingerprint density at radius 3 is 0.592 bits per heavy atom. The zero-order chi connectivity index (χ0) is 52.1. The van der Waals surface area contributed by atoms with Crippen LogP contribution in [0.4, 0.5) is 0 Å². The highest BCUT2D eigenvalue weighted by atomic mass is 16.5. The van der Waals surface area contributed by atoms with Crippen LogP contribution in [0.3, 0.4) is 0 Å². The summed E-state index contributed by atoms with van der Waals surface area (Å²) < 4.78 is 49.9. The van der Waals surface area contributed by atoms with Gasteiger partial charge in [-0.3, -0.25) is 0 Å². The second kappa shape index (κ2) is 24.2. The molecular weight excluding hydrogens is 961 g/mol. The van der Waals surface area contributed by atoms with Crippen molar-refractivity contribution in [2.75, 3.05) is 52.9 Å². The number of carboxylic acid groups (broad SMARTS) is 2. The van der Waals surface area contributed by atoms with Crippen LogP contribution in [-0.4, -0.2) is 75.0 Å². The first-order valence-electron chi connectivity index (χ1n) is 25.5. The van der Waals surface area contributed by atoms with Crippen LogP contribution in [0, 0.1) is 0 Å². The summed E-state index contributed by atoms with van der Waals surface area (Å²) in [7, 11) is 0. The van der Waals surface area contributed by atoms with Gasteiger partial charge < -0.3 is 48.1 Å². The van der Waals surface area contributed by atoms with E-state index in [1.165, 1.54) is 0 Å². The number of fused-ring (bicyclic) bond motifs is 5. The molecule has 0 spiro atoms. The van der Waals surface area contributed by atoms with Gasteiger partial charge in [0.25, 0.3) is 0 Å². The van der Waals surface area contributed by atoms with Gasteiger partial charge in [-0.05, 0) is 115 Å². The SMILES string of the molecule is O=C(O)c1cc2ccccc2cc1OCCCOc1cc2ccccc2cc1OCCCOc1cc2ccccc2cc1OCCCOc1cc2ccccc2cc1OCCCOc1cc2ccccc2cc1C(=O)O. The lowest BCUT2D eigenvalue weighted by Crippen LogP contribution is -2.10. The van der Waals surface area contributed by atoms with Crippen molar-refractivity contribution in [1.82, 2.24) is 0 Å². The zero-order valence-electron chi connectivity index (χ0n) is 41.8. The summed E-state index contributed by atoms with van der Waals surface area (Å²) in [6.07, 6.45) is 2.19. The summed E-state index contributed by atoms with van der Waals surface area (Å²) in [6, 6.07) is 58.1. The van der Waals surface area contributed by atoms with Gasteiger partial charge >= 0.3 is 11.9 Å². The molecule has 0 saturated heterocycles. The van der Waals surface area contributed by atoms with Crippen molar-refractivity contribution in [1.29, 1.82) is 0 Å². The van der Waals surface area contributed by atoms with Gasteiger partial charge in [0.05, 0.1) is 52.9 Å². The maximum Gasteiger partial charge on any atom is 0.339 e. The van der Waals surface area contributed by atoms with Gasteiger partial charge in [0.1, 0.15) is 22.6 Å². The molecule has 10 aromatic carbocycles. The Kier molecular flexibility index (Phi) is 16.1. The summed E-state index contributed by atoms with van der Waals surface area (Å²) in [5.74, 6) is 2.26. The van der Waals surface area contributed by atoms with Crippen molar-refractivity contribution in [2.24, 2.45) is 0 Å². The highest BCUT2D eigenvalue weighted by molar-refractivity contribution is 5.99. The number of hydrogen-bond acceptors (Lipinski definition) is 10. The van der Waals surface area contributed by atoms with E-state index in [0.717, 1.165) is 53.9 Å². The minimum absolute atomic E-state index is 0.120. The molecule has 0 aliphatic rings. The highest BCUT2D eigenvalue weighted by Gasteiger charge is 2.17. The molecule has 2 N–H and O–H groups in total. The lowest BCUT2D eigenvalue weighted by atomic mass is 10.1. The monoisotopic (exact) mass is 1020 g/mol. The van der Waals surface area contributed by atoms with E-state index in [4.69, 9.17) is 37.9 Å². The van der Waals surface area contributed by atoms with Gasteiger partial charge in [0, 0.05) is 25.7 Å². The molecule has 12 nitrogen and oxygen atoms in total. The molecule has 10 aromatic rings. The van der Waals surface area contributed by atoms with Crippen molar-refractivity contribution in [3.63, 3.8) is 0 Å². The second-order valence-electron chi connectivity index (χ2n) is 18.1. The molecule has 0 aliphatic carbocycles. The van der Waals surface area contributed by atoms with Crippen LogP contribution < -0.4 is 37.9 Å². The predicted octanol–water partition coefficient (Wildman–Crippen LogP) is 14.2. The van der Waals surface area contributed by atoms with Crippen LogP contribution in [0.2, 0.25) is 0 Å². The molecule has 0 atom stereocenters. The molecule has 0 aliphatic heterocycles. The number of carbonyl (C=O) groups is 2. The van der Waals surface area contributed by atoms with E-state index < -0.39 is 11.9 Å². The normalized spacial score (nSPS) is 11.2. The van der Waals surface area contributed by atoms with Crippen molar-refractivity contribution in [2.45, 2.75) is 25.7 Å². The van der Waals surface area contributed by atoms with Crippen molar-refractivity contribution < 1.29 is 57.7 Å². The van der Waals surface area contributed by atoms with Gasteiger partial charge in [0.2, 0.25) is 0 Å².